The number of carbonyl (C=O) groups excluding carboxylic acids is 2. The van der Waals surface area contributed by atoms with E-state index in [0.717, 1.165) is 5.57 Å². The molecule has 0 saturated carbocycles. The molecule has 0 amide bonds. The van der Waals surface area contributed by atoms with Gasteiger partial charge in [-0.1, -0.05) is 18.7 Å². The highest BCUT2D eigenvalue weighted by atomic mass is 16.5. The van der Waals surface area contributed by atoms with Gasteiger partial charge >= 0.3 is 5.97 Å². The first-order chi connectivity index (χ1) is 6.60. The monoisotopic (exact) mass is 196 g/mol. The van der Waals surface area contributed by atoms with Crippen molar-refractivity contribution in [3.05, 3.63) is 24.3 Å². The van der Waals surface area contributed by atoms with Crippen LogP contribution >= 0.6 is 0 Å². The van der Waals surface area contributed by atoms with Crippen molar-refractivity contribution in [2.24, 2.45) is 0 Å². The van der Waals surface area contributed by atoms with E-state index in [-0.39, 0.29) is 31.2 Å². The Kier molecular flexibility index (Phi) is 6.37. The molecule has 3 nitrogen and oxygen atoms in total. The molecule has 3 heteroatoms. The van der Waals surface area contributed by atoms with Crippen LogP contribution in [-0.4, -0.2) is 18.4 Å². The Morgan fingerprint density at radius 2 is 2.00 bits per heavy atom. The largest absolute Gasteiger partial charge is 0.461 e. The highest BCUT2D eigenvalue weighted by Crippen LogP contribution is 1.99. The SMILES string of the molecule is C=CC(=CC)COC(=O)CCC(C)=O. The summed E-state index contributed by atoms with van der Waals surface area (Å²) in [6, 6.07) is 0. The lowest BCUT2D eigenvalue weighted by molar-refractivity contribution is -0.143. The Morgan fingerprint density at radius 1 is 1.36 bits per heavy atom. The predicted octanol–water partition coefficient (Wildman–Crippen LogP) is 2.03. The minimum atomic E-state index is -0.346. The molecule has 0 heterocycles. The highest BCUT2D eigenvalue weighted by Gasteiger charge is 2.04. The molecule has 0 aliphatic rings. The summed E-state index contributed by atoms with van der Waals surface area (Å²) >= 11 is 0. The molecule has 0 aromatic carbocycles. The minimum absolute atomic E-state index is 0.00284. The van der Waals surface area contributed by atoms with Gasteiger partial charge in [-0.15, -0.1) is 0 Å². The summed E-state index contributed by atoms with van der Waals surface area (Å²) in [6.07, 6.45) is 3.87. The van der Waals surface area contributed by atoms with Crippen molar-refractivity contribution >= 4 is 11.8 Å². The van der Waals surface area contributed by atoms with Crippen LogP contribution in [0, 0.1) is 0 Å². The van der Waals surface area contributed by atoms with E-state index in [4.69, 9.17) is 4.74 Å². The molecule has 14 heavy (non-hydrogen) atoms. The molecule has 0 radical (unpaired) electrons. The molecule has 0 atom stereocenters. The van der Waals surface area contributed by atoms with Gasteiger partial charge in [-0.3, -0.25) is 4.79 Å². The summed E-state index contributed by atoms with van der Waals surface area (Å²) in [4.78, 5) is 21.6. The molecule has 0 aliphatic carbocycles. The molecular weight excluding hydrogens is 180 g/mol. The lowest BCUT2D eigenvalue weighted by Gasteiger charge is -2.03. The molecule has 0 N–H and O–H groups in total. The van der Waals surface area contributed by atoms with E-state index in [9.17, 15) is 9.59 Å². The van der Waals surface area contributed by atoms with Crippen molar-refractivity contribution in [3.63, 3.8) is 0 Å². The van der Waals surface area contributed by atoms with Crippen LogP contribution < -0.4 is 0 Å². The second kappa shape index (κ2) is 7.06. The number of hydrogen-bond donors (Lipinski definition) is 0. The number of allylic oxidation sites excluding steroid dienone is 1. The van der Waals surface area contributed by atoms with E-state index >= 15 is 0 Å². The van der Waals surface area contributed by atoms with Crippen molar-refractivity contribution in [2.45, 2.75) is 26.7 Å². The van der Waals surface area contributed by atoms with Crippen LogP contribution in [0.5, 0.6) is 0 Å². The van der Waals surface area contributed by atoms with E-state index in [2.05, 4.69) is 6.58 Å². The Morgan fingerprint density at radius 3 is 2.43 bits per heavy atom. The first-order valence-corrected chi connectivity index (χ1v) is 4.52. The van der Waals surface area contributed by atoms with Gasteiger partial charge in [0.05, 0.1) is 6.42 Å². The summed E-state index contributed by atoms with van der Waals surface area (Å²) in [5, 5.41) is 0. The fraction of sp³-hybridized carbons (Fsp3) is 0.455. The standard InChI is InChI=1S/C11H16O3/c1-4-10(5-2)8-14-11(13)7-6-9(3)12/h4-5H,1,6-8H2,2-3H3. The normalized spacial score (nSPS) is 10.9. The van der Waals surface area contributed by atoms with Gasteiger partial charge in [-0.25, -0.2) is 0 Å². The van der Waals surface area contributed by atoms with Crippen molar-refractivity contribution in [1.29, 1.82) is 0 Å². The molecule has 0 aliphatic heterocycles. The van der Waals surface area contributed by atoms with Gasteiger partial charge in [-0.2, -0.15) is 0 Å². The highest BCUT2D eigenvalue weighted by molar-refractivity contribution is 5.81. The quantitative estimate of drug-likeness (QED) is 0.482. The van der Waals surface area contributed by atoms with Gasteiger partial charge in [0.15, 0.2) is 0 Å². The smallest absolute Gasteiger partial charge is 0.306 e. The van der Waals surface area contributed by atoms with Gasteiger partial charge in [0.2, 0.25) is 0 Å². The molecule has 0 saturated heterocycles. The molecule has 78 valence electrons. The summed E-state index contributed by atoms with van der Waals surface area (Å²) in [7, 11) is 0. The van der Waals surface area contributed by atoms with Crippen LogP contribution in [0.25, 0.3) is 0 Å². The zero-order valence-electron chi connectivity index (χ0n) is 8.71. The predicted molar refractivity (Wildman–Crippen MR) is 54.8 cm³/mol. The third-order valence-electron chi connectivity index (χ3n) is 1.71. The molecule has 0 fully saturated rings. The minimum Gasteiger partial charge on any atom is -0.461 e. The number of ether oxygens (including phenoxy) is 1. The fourth-order valence-corrected chi connectivity index (χ4v) is 0.774. The molecular formula is C11H16O3. The molecule has 0 rings (SSSR count). The second-order valence-electron chi connectivity index (χ2n) is 2.93. The van der Waals surface area contributed by atoms with Crippen LogP contribution in [0.3, 0.4) is 0 Å². The van der Waals surface area contributed by atoms with Crippen molar-refractivity contribution in [2.75, 3.05) is 6.61 Å². The number of hydrogen-bond acceptors (Lipinski definition) is 3. The number of rotatable bonds is 6. The molecule has 0 spiro atoms. The number of Topliss-reactive ketones (excluding diaryl/α,β-unsaturated/α-hetero) is 1. The van der Waals surface area contributed by atoms with Gasteiger partial charge < -0.3 is 9.53 Å². The molecule has 0 bridgehead atoms. The average Bonchev–Trinajstić information content (AvgIpc) is 2.16. The zero-order valence-corrected chi connectivity index (χ0v) is 8.71. The number of esters is 1. The lowest BCUT2D eigenvalue weighted by Crippen LogP contribution is -2.08. The van der Waals surface area contributed by atoms with Gasteiger partial charge in [0.1, 0.15) is 12.4 Å². The first-order valence-electron chi connectivity index (χ1n) is 4.52. The van der Waals surface area contributed by atoms with Crippen LogP contribution in [-0.2, 0) is 14.3 Å². The third-order valence-corrected chi connectivity index (χ3v) is 1.71. The van der Waals surface area contributed by atoms with E-state index in [1.54, 1.807) is 6.08 Å². The van der Waals surface area contributed by atoms with E-state index in [0.29, 0.717) is 0 Å². The lowest BCUT2D eigenvalue weighted by atomic mass is 10.2. The fourth-order valence-electron chi connectivity index (χ4n) is 0.774. The summed E-state index contributed by atoms with van der Waals surface area (Å²) < 4.78 is 4.91. The molecule has 0 aromatic heterocycles. The maximum absolute atomic E-state index is 11.0. The van der Waals surface area contributed by atoms with E-state index in [1.807, 2.05) is 13.0 Å². The average molecular weight is 196 g/mol. The third kappa shape index (κ3) is 6.17. The van der Waals surface area contributed by atoms with Crippen molar-refractivity contribution < 1.29 is 14.3 Å². The summed E-state index contributed by atoms with van der Waals surface area (Å²) in [6.45, 7) is 7.10. The van der Waals surface area contributed by atoms with Crippen LogP contribution in [0.2, 0.25) is 0 Å². The Balaban J connectivity index is 3.74. The van der Waals surface area contributed by atoms with E-state index in [1.165, 1.54) is 6.92 Å². The van der Waals surface area contributed by atoms with Gasteiger partial charge in [0.25, 0.3) is 0 Å². The van der Waals surface area contributed by atoms with Crippen molar-refractivity contribution in [3.8, 4) is 0 Å². The maximum Gasteiger partial charge on any atom is 0.306 e. The Bertz CT molecular complexity index is 251. The zero-order chi connectivity index (χ0) is 11.0. The molecule has 0 aromatic rings. The van der Waals surface area contributed by atoms with Crippen LogP contribution in [0.1, 0.15) is 26.7 Å². The Labute approximate surface area is 84.4 Å². The maximum atomic E-state index is 11.0. The summed E-state index contributed by atoms with van der Waals surface area (Å²) in [5.74, 6) is -0.349. The molecule has 0 unspecified atom stereocenters. The van der Waals surface area contributed by atoms with E-state index < -0.39 is 0 Å². The van der Waals surface area contributed by atoms with Crippen molar-refractivity contribution in [1.82, 2.24) is 0 Å². The van der Waals surface area contributed by atoms with Crippen LogP contribution in [0.15, 0.2) is 24.3 Å². The topological polar surface area (TPSA) is 43.4 Å². The Hall–Kier alpha value is -1.38. The van der Waals surface area contributed by atoms with Crippen LogP contribution in [0.4, 0.5) is 0 Å². The first kappa shape index (κ1) is 12.6. The van der Waals surface area contributed by atoms with Gasteiger partial charge in [0, 0.05) is 6.42 Å². The van der Waals surface area contributed by atoms with Gasteiger partial charge in [-0.05, 0) is 19.4 Å². The second-order valence-corrected chi connectivity index (χ2v) is 2.93. The number of ketones is 1. The summed E-state index contributed by atoms with van der Waals surface area (Å²) in [5.41, 5.74) is 0.862. The number of carbonyl (C=O) groups is 2.